The number of rotatable bonds is 4. The third-order valence-corrected chi connectivity index (χ3v) is 5.00. The lowest BCUT2D eigenvalue weighted by Gasteiger charge is -2.34. The summed E-state index contributed by atoms with van der Waals surface area (Å²) < 4.78 is 37.9. The summed E-state index contributed by atoms with van der Waals surface area (Å²) in [6.45, 7) is 4.15. The van der Waals surface area contributed by atoms with Crippen molar-refractivity contribution >= 4 is 11.6 Å². The van der Waals surface area contributed by atoms with E-state index in [4.69, 9.17) is 0 Å². The standard InChI is InChI=1S/C20H20F3N3O3/c1-14-2-5-16(12-18(14)26(28)29)19(27)25-10-8-24(9-11-25)13-15-3-6-17(7-4-15)20(21,22)23/h2-7,12H,8-11,13H2,1H3. The Morgan fingerprint density at radius 1 is 1.07 bits per heavy atom. The van der Waals surface area contributed by atoms with Gasteiger partial charge in [-0.3, -0.25) is 19.8 Å². The fraction of sp³-hybridized carbons (Fsp3) is 0.350. The molecule has 0 aliphatic carbocycles. The lowest BCUT2D eigenvalue weighted by atomic mass is 10.1. The average molecular weight is 407 g/mol. The topological polar surface area (TPSA) is 66.7 Å². The van der Waals surface area contributed by atoms with E-state index in [-0.39, 0.29) is 17.2 Å². The van der Waals surface area contributed by atoms with Gasteiger partial charge in [-0.2, -0.15) is 13.2 Å². The van der Waals surface area contributed by atoms with Crippen molar-refractivity contribution in [2.45, 2.75) is 19.6 Å². The number of hydrogen-bond donors (Lipinski definition) is 0. The second-order valence-corrected chi connectivity index (χ2v) is 7.02. The fourth-order valence-electron chi connectivity index (χ4n) is 3.29. The molecule has 3 rings (SSSR count). The number of amides is 1. The summed E-state index contributed by atoms with van der Waals surface area (Å²) in [6.07, 6.45) is -4.35. The van der Waals surface area contributed by atoms with Crippen LogP contribution in [0.15, 0.2) is 42.5 Å². The minimum atomic E-state index is -4.35. The number of piperazine rings is 1. The summed E-state index contributed by atoms with van der Waals surface area (Å²) in [5, 5.41) is 11.1. The van der Waals surface area contributed by atoms with E-state index in [0.29, 0.717) is 38.3 Å². The first-order chi connectivity index (χ1) is 13.6. The van der Waals surface area contributed by atoms with Gasteiger partial charge in [-0.25, -0.2) is 0 Å². The van der Waals surface area contributed by atoms with Crippen molar-refractivity contribution in [3.05, 3.63) is 74.8 Å². The van der Waals surface area contributed by atoms with Crippen LogP contribution in [0.2, 0.25) is 0 Å². The molecule has 1 saturated heterocycles. The zero-order chi connectivity index (χ0) is 21.2. The van der Waals surface area contributed by atoms with Crippen LogP contribution in [0.5, 0.6) is 0 Å². The van der Waals surface area contributed by atoms with Gasteiger partial charge in [0.25, 0.3) is 11.6 Å². The minimum Gasteiger partial charge on any atom is -0.336 e. The maximum atomic E-state index is 12.7. The third kappa shape index (κ3) is 4.92. The minimum absolute atomic E-state index is 0.0863. The molecule has 29 heavy (non-hydrogen) atoms. The molecule has 2 aromatic rings. The lowest BCUT2D eigenvalue weighted by molar-refractivity contribution is -0.385. The molecule has 1 aliphatic rings. The molecule has 0 aromatic heterocycles. The molecule has 2 aromatic carbocycles. The molecule has 0 atom stereocenters. The van der Waals surface area contributed by atoms with Gasteiger partial charge in [0.05, 0.1) is 10.5 Å². The van der Waals surface area contributed by atoms with Crippen LogP contribution in [-0.2, 0) is 12.7 Å². The van der Waals surface area contributed by atoms with Gasteiger partial charge in [0, 0.05) is 49.9 Å². The van der Waals surface area contributed by atoms with Gasteiger partial charge in [0.2, 0.25) is 0 Å². The van der Waals surface area contributed by atoms with Crippen molar-refractivity contribution in [2.75, 3.05) is 26.2 Å². The van der Waals surface area contributed by atoms with Gasteiger partial charge in [-0.1, -0.05) is 18.2 Å². The summed E-state index contributed by atoms with van der Waals surface area (Å²) in [5.74, 6) is -0.262. The Labute approximate surface area is 165 Å². The van der Waals surface area contributed by atoms with E-state index in [0.717, 1.165) is 17.7 Å². The van der Waals surface area contributed by atoms with E-state index >= 15 is 0 Å². The Kier molecular flexibility index (Phi) is 5.88. The lowest BCUT2D eigenvalue weighted by Crippen LogP contribution is -2.48. The van der Waals surface area contributed by atoms with Crippen molar-refractivity contribution in [3.8, 4) is 0 Å². The Morgan fingerprint density at radius 3 is 2.24 bits per heavy atom. The summed E-state index contributed by atoms with van der Waals surface area (Å²) in [5.41, 5.74) is 0.777. The van der Waals surface area contributed by atoms with Crippen LogP contribution in [0.3, 0.4) is 0 Å². The molecule has 0 saturated carbocycles. The highest BCUT2D eigenvalue weighted by molar-refractivity contribution is 5.95. The first-order valence-corrected chi connectivity index (χ1v) is 9.08. The third-order valence-electron chi connectivity index (χ3n) is 5.00. The van der Waals surface area contributed by atoms with E-state index < -0.39 is 16.7 Å². The second kappa shape index (κ2) is 8.20. The summed E-state index contributed by atoms with van der Waals surface area (Å²) >= 11 is 0. The zero-order valence-electron chi connectivity index (χ0n) is 15.8. The van der Waals surface area contributed by atoms with Crippen LogP contribution in [0.4, 0.5) is 18.9 Å². The number of nitrogens with zero attached hydrogens (tertiary/aromatic N) is 3. The Balaban J connectivity index is 1.58. The predicted molar refractivity (Wildman–Crippen MR) is 100 cm³/mol. The van der Waals surface area contributed by atoms with E-state index in [1.165, 1.54) is 18.2 Å². The van der Waals surface area contributed by atoms with Crippen LogP contribution in [0.25, 0.3) is 0 Å². The van der Waals surface area contributed by atoms with Crippen LogP contribution in [0, 0.1) is 17.0 Å². The Bertz CT molecular complexity index is 905. The zero-order valence-corrected chi connectivity index (χ0v) is 15.8. The summed E-state index contributed by atoms with van der Waals surface area (Å²) in [7, 11) is 0. The fourth-order valence-corrected chi connectivity index (χ4v) is 3.29. The maximum Gasteiger partial charge on any atom is 0.416 e. The smallest absolute Gasteiger partial charge is 0.336 e. The van der Waals surface area contributed by atoms with Gasteiger partial charge in [0.1, 0.15) is 0 Å². The molecule has 1 fully saturated rings. The van der Waals surface area contributed by atoms with Crippen LogP contribution in [0.1, 0.15) is 27.0 Å². The van der Waals surface area contributed by atoms with Crippen LogP contribution < -0.4 is 0 Å². The molecule has 1 amide bonds. The Hall–Kier alpha value is -2.94. The Morgan fingerprint density at radius 2 is 1.69 bits per heavy atom. The highest BCUT2D eigenvalue weighted by Crippen LogP contribution is 2.29. The van der Waals surface area contributed by atoms with Gasteiger partial charge in [-0.15, -0.1) is 0 Å². The molecule has 154 valence electrons. The SMILES string of the molecule is Cc1ccc(C(=O)N2CCN(Cc3ccc(C(F)(F)F)cc3)CC2)cc1[N+](=O)[O-]. The van der Waals surface area contributed by atoms with Crippen LogP contribution >= 0.6 is 0 Å². The molecular weight excluding hydrogens is 387 g/mol. The molecule has 0 N–H and O–H groups in total. The number of aryl methyl sites for hydroxylation is 1. The molecular formula is C20H20F3N3O3. The van der Waals surface area contributed by atoms with Crippen molar-refractivity contribution < 1.29 is 22.9 Å². The van der Waals surface area contributed by atoms with Gasteiger partial charge < -0.3 is 4.90 Å². The second-order valence-electron chi connectivity index (χ2n) is 7.02. The number of benzene rings is 2. The largest absolute Gasteiger partial charge is 0.416 e. The summed E-state index contributed by atoms with van der Waals surface area (Å²) in [6, 6.07) is 9.51. The van der Waals surface area contributed by atoms with Gasteiger partial charge in [0.15, 0.2) is 0 Å². The number of carbonyl (C=O) groups is 1. The molecule has 1 aliphatic heterocycles. The number of alkyl halides is 3. The van der Waals surface area contributed by atoms with Crippen molar-refractivity contribution in [3.63, 3.8) is 0 Å². The quantitative estimate of drug-likeness (QED) is 0.570. The number of nitro groups is 1. The van der Waals surface area contributed by atoms with E-state index in [1.54, 1.807) is 24.0 Å². The molecule has 0 spiro atoms. The number of hydrogen-bond acceptors (Lipinski definition) is 4. The molecule has 0 bridgehead atoms. The normalized spacial score (nSPS) is 15.4. The summed E-state index contributed by atoms with van der Waals surface area (Å²) in [4.78, 5) is 26.9. The number of halogens is 3. The molecule has 1 heterocycles. The van der Waals surface area contributed by atoms with Gasteiger partial charge >= 0.3 is 6.18 Å². The van der Waals surface area contributed by atoms with E-state index in [1.807, 2.05) is 0 Å². The van der Waals surface area contributed by atoms with Crippen molar-refractivity contribution in [1.82, 2.24) is 9.80 Å². The predicted octanol–water partition coefficient (Wildman–Crippen LogP) is 3.88. The van der Waals surface area contributed by atoms with Crippen molar-refractivity contribution in [2.24, 2.45) is 0 Å². The molecule has 0 unspecified atom stereocenters. The maximum absolute atomic E-state index is 12.7. The monoisotopic (exact) mass is 407 g/mol. The van der Waals surface area contributed by atoms with E-state index in [2.05, 4.69) is 4.90 Å². The molecule has 6 nitrogen and oxygen atoms in total. The first-order valence-electron chi connectivity index (χ1n) is 9.08. The van der Waals surface area contributed by atoms with Crippen LogP contribution in [-0.4, -0.2) is 46.8 Å². The molecule has 9 heteroatoms. The van der Waals surface area contributed by atoms with Gasteiger partial charge in [-0.05, 0) is 30.7 Å². The average Bonchev–Trinajstić information content (AvgIpc) is 2.68. The highest BCUT2D eigenvalue weighted by atomic mass is 19.4. The molecule has 0 radical (unpaired) electrons. The highest BCUT2D eigenvalue weighted by Gasteiger charge is 2.30. The number of nitro benzene ring substituents is 1. The number of carbonyl (C=O) groups excluding carboxylic acids is 1. The first kappa shape index (κ1) is 20.8. The van der Waals surface area contributed by atoms with E-state index in [9.17, 15) is 28.1 Å². The van der Waals surface area contributed by atoms with Crippen molar-refractivity contribution in [1.29, 1.82) is 0 Å².